The van der Waals surface area contributed by atoms with Gasteiger partial charge in [0, 0.05) is 6.42 Å². The minimum absolute atomic E-state index is 0.251. The van der Waals surface area contributed by atoms with E-state index in [1.807, 2.05) is 0 Å². The van der Waals surface area contributed by atoms with Crippen molar-refractivity contribution in [2.75, 3.05) is 6.61 Å². The minimum atomic E-state index is -0.448. The van der Waals surface area contributed by atoms with Gasteiger partial charge in [-0.1, -0.05) is 59.3 Å². The maximum Gasteiger partial charge on any atom is 0.343 e. The molecule has 5 nitrogen and oxygen atoms in total. The van der Waals surface area contributed by atoms with Gasteiger partial charge in [0.1, 0.15) is 17.2 Å². The van der Waals surface area contributed by atoms with E-state index in [2.05, 4.69) is 20.8 Å². The number of carbonyl (C=O) groups excluding carboxylic acids is 2. The maximum absolute atomic E-state index is 12.4. The highest BCUT2D eigenvalue weighted by Crippen LogP contribution is 2.21. The number of unbranched alkanes of at least 4 members (excludes halogenated alkanes) is 5. The number of esters is 2. The molecule has 1 atom stereocenters. The van der Waals surface area contributed by atoms with Gasteiger partial charge in [-0.2, -0.15) is 0 Å². The molecule has 0 N–H and O–H groups in total. The number of hydrogen-bond acceptors (Lipinski definition) is 5. The van der Waals surface area contributed by atoms with Crippen LogP contribution in [0, 0.1) is 5.92 Å². The molecule has 0 aliphatic heterocycles. The van der Waals surface area contributed by atoms with E-state index in [0.717, 1.165) is 25.0 Å². The molecule has 0 heterocycles. The molecule has 0 aliphatic carbocycles. The van der Waals surface area contributed by atoms with E-state index in [-0.39, 0.29) is 5.97 Å². The highest BCUT2D eigenvalue weighted by Gasteiger charge is 2.11. The summed E-state index contributed by atoms with van der Waals surface area (Å²) in [4.78, 5) is 24.3. The lowest BCUT2D eigenvalue weighted by Gasteiger charge is -2.09. The summed E-state index contributed by atoms with van der Waals surface area (Å²) in [7, 11) is 0. The van der Waals surface area contributed by atoms with E-state index >= 15 is 0 Å². The molecule has 0 aromatic heterocycles. The summed E-state index contributed by atoms with van der Waals surface area (Å²) in [5, 5.41) is 0. The number of rotatable bonds is 15. The Labute approximate surface area is 198 Å². The molecular weight excluding hydrogens is 416 g/mol. The van der Waals surface area contributed by atoms with Crippen LogP contribution in [-0.4, -0.2) is 18.5 Å². The van der Waals surface area contributed by atoms with Crippen LogP contribution in [0.15, 0.2) is 48.5 Å². The molecule has 0 radical (unpaired) electrons. The van der Waals surface area contributed by atoms with E-state index in [9.17, 15) is 9.59 Å². The molecule has 0 saturated carbocycles. The first-order valence-corrected chi connectivity index (χ1v) is 12.3. The largest absolute Gasteiger partial charge is 0.494 e. The predicted molar refractivity (Wildman–Crippen MR) is 131 cm³/mol. The van der Waals surface area contributed by atoms with Gasteiger partial charge < -0.3 is 14.2 Å². The van der Waals surface area contributed by atoms with Crippen molar-refractivity contribution >= 4 is 11.9 Å². The molecule has 33 heavy (non-hydrogen) atoms. The Hall–Kier alpha value is -2.82. The summed E-state index contributed by atoms with van der Waals surface area (Å²) in [5.41, 5.74) is 0.447. The first-order valence-electron chi connectivity index (χ1n) is 12.3. The molecule has 0 spiro atoms. The summed E-state index contributed by atoms with van der Waals surface area (Å²) in [6, 6.07) is 13.5. The predicted octanol–water partition coefficient (Wildman–Crippen LogP) is 7.38. The van der Waals surface area contributed by atoms with Gasteiger partial charge in [-0.25, -0.2) is 4.79 Å². The van der Waals surface area contributed by atoms with Gasteiger partial charge in [-0.15, -0.1) is 0 Å². The summed E-state index contributed by atoms with van der Waals surface area (Å²) in [6.45, 7) is 7.13. The van der Waals surface area contributed by atoms with Crippen molar-refractivity contribution in [2.45, 2.75) is 78.6 Å². The van der Waals surface area contributed by atoms with Gasteiger partial charge in [0.2, 0.25) is 0 Å². The van der Waals surface area contributed by atoms with E-state index in [4.69, 9.17) is 14.2 Å². The van der Waals surface area contributed by atoms with Crippen LogP contribution in [0.1, 0.15) is 88.9 Å². The Kier molecular flexibility index (Phi) is 12.1. The number of carbonyl (C=O) groups is 2. The average molecular weight is 455 g/mol. The third-order valence-corrected chi connectivity index (χ3v) is 5.66. The van der Waals surface area contributed by atoms with Gasteiger partial charge in [-0.05, 0) is 67.3 Å². The zero-order valence-corrected chi connectivity index (χ0v) is 20.3. The van der Waals surface area contributed by atoms with E-state index in [1.54, 1.807) is 48.5 Å². The van der Waals surface area contributed by atoms with Crippen LogP contribution in [0.25, 0.3) is 0 Å². The SMILES string of the molecule is CCCCCCCCOc1ccc(C(=O)Oc2ccc(OC(=O)CCC(C)CC)cc2)cc1. The fraction of sp³-hybridized carbons (Fsp3) is 0.500. The Morgan fingerprint density at radius 3 is 1.97 bits per heavy atom. The molecule has 0 amide bonds. The second-order valence-electron chi connectivity index (χ2n) is 8.53. The van der Waals surface area contributed by atoms with Crippen LogP contribution in [0.3, 0.4) is 0 Å². The van der Waals surface area contributed by atoms with Gasteiger partial charge in [0.15, 0.2) is 0 Å². The number of hydrogen-bond donors (Lipinski definition) is 0. The van der Waals surface area contributed by atoms with Crippen molar-refractivity contribution in [3.63, 3.8) is 0 Å². The molecule has 0 aliphatic rings. The van der Waals surface area contributed by atoms with Gasteiger partial charge in [-0.3, -0.25) is 4.79 Å². The topological polar surface area (TPSA) is 61.8 Å². The van der Waals surface area contributed by atoms with Crippen molar-refractivity contribution in [1.29, 1.82) is 0 Å². The summed E-state index contributed by atoms with van der Waals surface area (Å²) < 4.78 is 16.5. The standard InChI is InChI=1S/C28H38O5/c1-4-6-7-8-9-10-21-31-24-14-12-23(13-15-24)28(30)33-26-18-16-25(17-19-26)32-27(29)20-11-22(3)5-2/h12-19,22H,4-11,20-21H2,1-3H3. The molecule has 5 heteroatoms. The average Bonchev–Trinajstić information content (AvgIpc) is 2.83. The molecule has 2 rings (SSSR count). The Bertz CT molecular complexity index is 826. The highest BCUT2D eigenvalue weighted by atomic mass is 16.5. The van der Waals surface area contributed by atoms with Crippen molar-refractivity contribution in [2.24, 2.45) is 5.92 Å². The second kappa shape index (κ2) is 15.1. The molecule has 0 saturated heterocycles. The monoisotopic (exact) mass is 454 g/mol. The smallest absolute Gasteiger partial charge is 0.343 e. The van der Waals surface area contributed by atoms with Crippen molar-refractivity contribution in [1.82, 2.24) is 0 Å². The van der Waals surface area contributed by atoms with Crippen LogP contribution in [0.5, 0.6) is 17.2 Å². The lowest BCUT2D eigenvalue weighted by molar-refractivity contribution is -0.134. The molecule has 0 fully saturated rings. The fourth-order valence-corrected chi connectivity index (χ4v) is 3.25. The number of benzene rings is 2. The van der Waals surface area contributed by atoms with Crippen molar-refractivity contribution in [3.05, 3.63) is 54.1 Å². The number of ether oxygens (including phenoxy) is 3. The van der Waals surface area contributed by atoms with E-state index in [1.165, 1.54) is 32.1 Å². The normalized spacial score (nSPS) is 11.6. The zero-order valence-electron chi connectivity index (χ0n) is 20.3. The first kappa shape index (κ1) is 26.4. The zero-order chi connectivity index (χ0) is 23.9. The first-order chi connectivity index (χ1) is 16.0. The summed E-state index contributed by atoms with van der Waals surface area (Å²) >= 11 is 0. The van der Waals surface area contributed by atoms with Crippen LogP contribution in [0.4, 0.5) is 0 Å². The Balaban J connectivity index is 1.74. The summed E-state index contributed by atoms with van der Waals surface area (Å²) in [5.74, 6) is 1.38. The van der Waals surface area contributed by atoms with E-state index in [0.29, 0.717) is 36.0 Å². The fourth-order valence-electron chi connectivity index (χ4n) is 3.25. The van der Waals surface area contributed by atoms with Gasteiger partial charge in [0.05, 0.1) is 12.2 Å². The lowest BCUT2D eigenvalue weighted by atomic mass is 10.0. The van der Waals surface area contributed by atoms with Crippen LogP contribution >= 0.6 is 0 Å². The van der Waals surface area contributed by atoms with E-state index < -0.39 is 5.97 Å². The van der Waals surface area contributed by atoms with Crippen molar-refractivity contribution in [3.8, 4) is 17.2 Å². The highest BCUT2D eigenvalue weighted by molar-refractivity contribution is 5.91. The molecule has 1 unspecified atom stereocenters. The van der Waals surface area contributed by atoms with Crippen LogP contribution in [-0.2, 0) is 4.79 Å². The van der Waals surface area contributed by atoms with Gasteiger partial charge >= 0.3 is 11.9 Å². The molecule has 2 aromatic carbocycles. The quantitative estimate of drug-likeness (QED) is 0.160. The third kappa shape index (κ3) is 10.6. The van der Waals surface area contributed by atoms with Crippen LogP contribution < -0.4 is 14.2 Å². The van der Waals surface area contributed by atoms with Gasteiger partial charge in [0.25, 0.3) is 0 Å². The Morgan fingerprint density at radius 2 is 1.33 bits per heavy atom. The Morgan fingerprint density at radius 1 is 0.758 bits per heavy atom. The molecule has 180 valence electrons. The molecule has 2 aromatic rings. The van der Waals surface area contributed by atoms with Crippen LogP contribution in [0.2, 0.25) is 0 Å². The third-order valence-electron chi connectivity index (χ3n) is 5.66. The lowest BCUT2D eigenvalue weighted by Crippen LogP contribution is -2.10. The molecular formula is C28H38O5. The minimum Gasteiger partial charge on any atom is -0.494 e. The summed E-state index contributed by atoms with van der Waals surface area (Å²) in [6.07, 6.45) is 9.57. The molecule has 0 bridgehead atoms. The second-order valence-corrected chi connectivity index (χ2v) is 8.53. The maximum atomic E-state index is 12.4. The van der Waals surface area contributed by atoms with Crippen molar-refractivity contribution < 1.29 is 23.8 Å².